The highest BCUT2D eigenvalue weighted by Gasteiger charge is 2.24. The fraction of sp³-hybridized carbons (Fsp3) is 0.167. The van der Waals surface area contributed by atoms with Crippen molar-refractivity contribution in [2.24, 2.45) is 0 Å². The van der Waals surface area contributed by atoms with Gasteiger partial charge in [-0.05, 0) is 15.5 Å². The van der Waals surface area contributed by atoms with Gasteiger partial charge < -0.3 is 14.9 Å². The van der Waals surface area contributed by atoms with E-state index in [4.69, 9.17) is 4.74 Å². The van der Waals surface area contributed by atoms with Gasteiger partial charge in [-0.25, -0.2) is 0 Å². The Kier molecular flexibility index (Phi) is 5.23. The molecule has 9 heteroatoms. The maximum absolute atomic E-state index is 11.1. The third-order valence-electron chi connectivity index (χ3n) is 3.96. The molecule has 1 atom stereocenters. The molecule has 0 bridgehead atoms. The fourth-order valence-corrected chi connectivity index (χ4v) is 2.67. The number of rotatable bonds is 7. The van der Waals surface area contributed by atoms with Crippen LogP contribution < -0.4 is 0 Å². The normalized spacial score (nSPS) is 11.9. The molecule has 0 aliphatic heterocycles. The van der Waals surface area contributed by atoms with Gasteiger partial charge in [0, 0.05) is 24.6 Å². The molecular formula is C18H16N4O5. The number of nitro groups is 2. The predicted octanol–water partition coefficient (Wildman–Crippen LogP) is 3.77. The van der Waals surface area contributed by atoms with E-state index >= 15 is 0 Å². The molecule has 1 heterocycles. The molecule has 3 rings (SSSR count). The molecule has 0 N–H and O–H groups in total. The number of aromatic nitrogens is 2. The van der Waals surface area contributed by atoms with Gasteiger partial charge in [0.05, 0.1) is 11.5 Å². The van der Waals surface area contributed by atoms with E-state index < -0.39 is 16.1 Å². The lowest BCUT2D eigenvalue weighted by Gasteiger charge is -2.20. The van der Waals surface area contributed by atoms with Crippen LogP contribution in [-0.4, -0.2) is 19.4 Å². The summed E-state index contributed by atoms with van der Waals surface area (Å²) in [4.78, 5) is 25.0. The van der Waals surface area contributed by atoms with Crippen LogP contribution in [0.4, 0.5) is 11.5 Å². The third kappa shape index (κ3) is 4.15. The lowest BCUT2D eigenvalue weighted by atomic mass is 10.1. The minimum atomic E-state index is -0.800. The van der Waals surface area contributed by atoms with Crippen LogP contribution in [-0.2, 0) is 11.3 Å². The number of benzene rings is 2. The van der Waals surface area contributed by atoms with Gasteiger partial charge >= 0.3 is 5.82 Å². The fourth-order valence-electron chi connectivity index (χ4n) is 2.67. The maximum atomic E-state index is 11.1. The number of aryl methyl sites for hydroxylation is 1. The second kappa shape index (κ2) is 7.75. The molecule has 0 radical (unpaired) electrons. The molecule has 0 aliphatic carbocycles. The third-order valence-corrected chi connectivity index (χ3v) is 3.96. The molecule has 0 fully saturated rings. The smallest absolute Gasteiger partial charge is 0.358 e. The Balaban J connectivity index is 1.99. The summed E-state index contributed by atoms with van der Waals surface area (Å²) < 4.78 is 7.49. The molecule has 1 unspecified atom stereocenters. The van der Waals surface area contributed by atoms with Crippen LogP contribution >= 0.6 is 0 Å². The van der Waals surface area contributed by atoms with E-state index in [1.165, 1.54) is 22.9 Å². The van der Waals surface area contributed by atoms with Crippen LogP contribution in [0.2, 0.25) is 0 Å². The molecule has 27 heavy (non-hydrogen) atoms. The first-order valence-electron chi connectivity index (χ1n) is 8.05. The summed E-state index contributed by atoms with van der Waals surface area (Å²) in [6.07, 6.45) is 0.468. The van der Waals surface area contributed by atoms with Crippen LogP contribution in [0, 0.1) is 27.2 Å². The summed E-state index contributed by atoms with van der Waals surface area (Å²) in [6, 6.07) is 15.4. The number of non-ortho nitro benzene ring substituents is 1. The number of nitrogens with zero attached hydrogens (tertiary/aromatic N) is 4. The summed E-state index contributed by atoms with van der Waals surface area (Å²) in [5.41, 5.74) is 1.31. The van der Waals surface area contributed by atoms with Gasteiger partial charge in [-0.15, -0.1) is 0 Å². The van der Waals surface area contributed by atoms with Gasteiger partial charge in [0.1, 0.15) is 6.20 Å². The van der Waals surface area contributed by atoms with Crippen LogP contribution in [0.15, 0.2) is 60.8 Å². The number of nitro benzene ring substituents is 1. The van der Waals surface area contributed by atoms with Gasteiger partial charge in [0.2, 0.25) is 5.82 Å². The zero-order valence-corrected chi connectivity index (χ0v) is 14.4. The Morgan fingerprint density at radius 2 is 1.81 bits per heavy atom. The highest BCUT2D eigenvalue weighted by Crippen LogP contribution is 2.27. The Hall–Kier alpha value is -3.59. The van der Waals surface area contributed by atoms with E-state index in [0.29, 0.717) is 11.4 Å². The van der Waals surface area contributed by atoms with Crippen LogP contribution in [0.1, 0.15) is 23.2 Å². The van der Waals surface area contributed by atoms with Crippen molar-refractivity contribution in [1.29, 1.82) is 0 Å². The van der Waals surface area contributed by atoms with Crippen molar-refractivity contribution in [2.75, 3.05) is 0 Å². The van der Waals surface area contributed by atoms with Crippen LogP contribution in [0.3, 0.4) is 0 Å². The lowest BCUT2D eigenvalue weighted by molar-refractivity contribution is -0.389. The highest BCUT2D eigenvalue weighted by molar-refractivity contribution is 5.36. The predicted molar refractivity (Wildman–Crippen MR) is 96.1 cm³/mol. The second-order valence-electron chi connectivity index (χ2n) is 5.81. The average Bonchev–Trinajstić information content (AvgIpc) is 3.05. The second-order valence-corrected chi connectivity index (χ2v) is 5.81. The Labute approximate surface area is 154 Å². The zero-order valence-electron chi connectivity index (χ0n) is 14.4. The van der Waals surface area contributed by atoms with E-state index in [1.807, 2.05) is 30.3 Å². The largest absolute Gasteiger partial charge is 0.381 e. The van der Waals surface area contributed by atoms with E-state index in [1.54, 1.807) is 19.1 Å². The number of hydrogen-bond donors (Lipinski definition) is 0. The van der Waals surface area contributed by atoms with Gasteiger partial charge in [-0.1, -0.05) is 42.5 Å². The summed E-state index contributed by atoms with van der Waals surface area (Å²) in [5.74, 6) is 0.0532. The molecule has 0 saturated heterocycles. The van der Waals surface area contributed by atoms with Gasteiger partial charge in [0.25, 0.3) is 5.69 Å². The minimum Gasteiger partial charge on any atom is -0.358 e. The average molecular weight is 368 g/mol. The molecular weight excluding hydrogens is 352 g/mol. The Morgan fingerprint density at radius 1 is 1.07 bits per heavy atom. The highest BCUT2D eigenvalue weighted by atomic mass is 16.6. The Morgan fingerprint density at radius 3 is 2.44 bits per heavy atom. The monoisotopic (exact) mass is 368 g/mol. The van der Waals surface area contributed by atoms with Crippen molar-refractivity contribution in [1.82, 2.24) is 9.55 Å². The van der Waals surface area contributed by atoms with Crippen molar-refractivity contribution >= 4 is 11.5 Å². The number of imidazole rings is 1. The number of hydrogen-bond acceptors (Lipinski definition) is 6. The summed E-state index contributed by atoms with van der Waals surface area (Å²) in [6.45, 7) is 1.84. The SMILES string of the molecule is Cc1nc([N+](=O)[O-])cn1C(OCc1ccccc1)c1cccc([N+](=O)[O-])c1. The van der Waals surface area contributed by atoms with Gasteiger partial charge in [-0.2, -0.15) is 0 Å². The summed E-state index contributed by atoms with van der Waals surface area (Å²) in [7, 11) is 0. The first-order valence-corrected chi connectivity index (χ1v) is 8.05. The molecule has 0 saturated carbocycles. The van der Waals surface area contributed by atoms with Gasteiger partial charge in [-0.3, -0.25) is 14.7 Å². The molecule has 138 valence electrons. The summed E-state index contributed by atoms with van der Waals surface area (Å²) in [5, 5.41) is 22.2. The van der Waals surface area contributed by atoms with Crippen LogP contribution in [0.5, 0.6) is 0 Å². The Bertz CT molecular complexity index is 971. The van der Waals surface area contributed by atoms with Crippen molar-refractivity contribution in [3.8, 4) is 0 Å². The number of ether oxygens (including phenoxy) is 1. The first-order chi connectivity index (χ1) is 13.0. The van der Waals surface area contributed by atoms with E-state index in [0.717, 1.165) is 5.56 Å². The molecule has 0 amide bonds. The molecule has 0 spiro atoms. The lowest BCUT2D eigenvalue weighted by Crippen LogP contribution is -2.15. The van der Waals surface area contributed by atoms with Gasteiger partial charge in [0.15, 0.2) is 6.23 Å². The van der Waals surface area contributed by atoms with E-state index in [-0.39, 0.29) is 18.1 Å². The van der Waals surface area contributed by atoms with Crippen molar-refractivity contribution in [3.05, 3.63) is 98.0 Å². The van der Waals surface area contributed by atoms with Crippen molar-refractivity contribution in [3.63, 3.8) is 0 Å². The van der Waals surface area contributed by atoms with E-state index in [9.17, 15) is 20.2 Å². The molecule has 0 aliphatic rings. The topological polar surface area (TPSA) is 113 Å². The first kappa shape index (κ1) is 18.2. The quantitative estimate of drug-likeness (QED) is 0.463. The van der Waals surface area contributed by atoms with Crippen molar-refractivity contribution in [2.45, 2.75) is 19.8 Å². The molecule has 3 aromatic rings. The molecule has 9 nitrogen and oxygen atoms in total. The molecule has 1 aromatic heterocycles. The van der Waals surface area contributed by atoms with E-state index in [2.05, 4.69) is 4.98 Å². The van der Waals surface area contributed by atoms with Crippen LogP contribution in [0.25, 0.3) is 0 Å². The maximum Gasteiger partial charge on any atom is 0.381 e. The zero-order chi connectivity index (χ0) is 19.4. The summed E-state index contributed by atoms with van der Waals surface area (Å²) >= 11 is 0. The standard InChI is InChI=1S/C18H16N4O5/c1-13-19-17(22(25)26)11-20(13)18(27-12-14-6-3-2-4-7-14)15-8-5-9-16(10-15)21(23)24/h2-11,18H,12H2,1H3. The minimum absolute atomic E-state index is 0.0897. The molecule has 2 aromatic carbocycles. The van der Waals surface area contributed by atoms with Crippen molar-refractivity contribution < 1.29 is 14.6 Å².